The van der Waals surface area contributed by atoms with Crippen LogP contribution in [0.1, 0.15) is 35.9 Å². The molecule has 0 aliphatic rings. The Balaban J connectivity index is 1.89. The third-order valence-corrected chi connectivity index (χ3v) is 4.19. The molecule has 0 spiro atoms. The molecule has 1 atom stereocenters. The first-order chi connectivity index (χ1) is 11.5. The van der Waals surface area contributed by atoms with Crippen LogP contribution >= 0.6 is 11.8 Å². The highest BCUT2D eigenvalue weighted by Crippen LogP contribution is 2.19. The molecule has 0 aromatic heterocycles. The monoisotopic (exact) mass is 345 g/mol. The Kier molecular flexibility index (Phi) is 6.70. The standard InChI is InChI=1S/C19H23NO3S/c1-13(2)23-16-8-4-15(5-9-16)19(22)20-12-18(21)14-6-10-17(24-3)11-7-14/h4-11,13,18,21H,12H2,1-3H3,(H,20,22). The maximum Gasteiger partial charge on any atom is 0.251 e. The van der Waals surface area contributed by atoms with E-state index in [1.807, 2.05) is 44.4 Å². The van der Waals surface area contributed by atoms with Gasteiger partial charge in [-0.15, -0.1) is 11.8 Å². The Morgan fingerprint density at radius 1 is 1.12 bits per heavy atom. The average Bonchev–Trinajstić information content (AvgIpc) is 2.59. The second kappa shape index (κ2) is 8.76. The lowest BCUT2D eigenvalue weighted by Gasteiger charge is -2.13. The number of nitrogens with one attached hydrogen (secondary N) is 1. The Labute approximate surface area is 147 Å². The van der Waals surface area contributed by atoms with Gasteiger partial charge in [-0.25, -0.2) is 0 Å². The van der Waals surface area contributed by atoms with Crippen LogP contribution in [0.5, 0.6) is 5.75 Å². The number of carbonyl (C=O) groups is 1. The normalized spacial score (nSPS) is 12.0. The third kappa shape index (κ3) is 5.28. The number of aliphatic hydroxyl groups excluding tert-OH is 1. The maximum atomic E-state index is 12.1. The Morgan fingerprint density at radius 3 is 2.29 bits per heavy atom. The minimum absolute atomic E-state index is 0.0947. The fourth-order valence-electron chi connectivity index (χ4n) is 2.19. The molecule has 128 valence electrons. The van der Waals surface area contributed by atoms with Gasteiger partial charge in [-0.05, 0) is 62.1 Å². The summed E-state index contributed by atoms with van der Waals surface area (Å²) in [6.07, 6.45) is 1.37. The van der Waals surface area contributed by atoms with Gasteiger partial charge in [0, 0.05) is 17.0 Å². The molecule has 0 heterocycles. The molecule has 0 bridgehead atoms. The molecular weight excluding hydrogens is 322 g/mol. The average molecular weight is 345 g/mol. The first kappa shape index (κ1) is 18.4. The van der Waals surface area contributed by atoms with E-state index in [1.165, 1.54) is 0 Å². The number of thioether (sulfide) groups is 1. The molecular formula is C19H23NO3S. The number of rotatable bonds is 7. The summed E-state index contributed by atoms with van der Waals surface area (Å²) >= 11 is 1.65. The van der Waals surface area contributed by atoms with Crippen LogP contribution in [-0.2, 0) is 0 Å². The van der Waals surface area contributed by atoms with E-state index in [9.17, 15) is 9.90 Å². The quantitative estimate of drug-likeness (QED) is 0.752. The van der Waals surface area contributed by atoms with E-state index >= 15 is 0 Å². The second-order valence-electron chi connectivity index (χ2n) is 5.69. The van der Waals surface area contributed by atoms with Gasteiger partial charge in [0.15, 0.2) is 0 Å². The Morgan fingerprint density at radius 2 is 1.75 bits per heavy atom. The zero-order chi connectivity index (χ0) is 17.5. The highest BCUT2D eigenvalue weighted by molar-refractivity contribution is 7.98. The lowest BCUT2D eigenvalue weighted by molar-refractivity contribution is 0.0916. The van der Waals surface area contributed by atoms with Crippen LogP contribution < -0.4 is 10.1 Å². The number of benzene rings is 2. The lowest BCUT2D eigenvalue weighted by Crippen LogP contribution is -2.28. The van der Waals surface area contributed by atoms with Crippen molar-refractivity contribution in [2.75, 3.05) is 12.8 Å². The third-order valence-electron chi connectivity index (χ3n) is 3.44. The highest BCUT2D eigenvalue weighted by Gasteiger charge is 2.11. The molecule has 2 aromatic rings. The summed E-state index contributed by atoms with van der Waals surface area (Å²) in [5.74, 6) is 0.515. The molecule has 2 aromatic carbocycles. The number of hydrogen-bond donors (Lipinski definition) is 2. The Bertz CT molecular complexity index is 653. The molecule has 4 nitrogen and oxygen atoms in total. The zero-order valence-electron chi connectivity index (χ0n) is 14.2. The fraction of sp³-hybridized carbons (Fsp3) is 0.316. The smallest absolute Gasteiger partial charge is 0.251 e. The molecule has 1 amide bonds. The minimum Gasteiger partial charge on any atom is -0.491 e. The van der Waals surface area contributed by atoms with Crippen molar-refractivity contribution in [3.8, 4) is 5.75 Å². The molecule has 0 aliphatic heterocycles. The van der Waals surface area contributed by atoms with Crippen LogP contribution in [0, 0.1) is 0 Å². The largest absolute Gasteiger partial charge is 0.491 e. The number of ether oxygens (including phenoxy) is 1. The summed E-state index contributed by atoms with van der Waals surface area (Å²) in [4.78, 5) is 13.3. The molecule has 0 radical (unpaired) electrons. The highest BCUT2D eigenvalue weighted by atomic mass is 32.2. The van der Waals surface area contributed by atoms with Crippen molar-refractivity contribution in [3.05, 3.63) is 59.7 Å². The SMILES string of the molecule is CSc1ccc(C(O)CNC(=O)c2ccc(OC(C)C)cc2)cc1. The van der Waals surface area contributed by atoms with E-state index in [-0.39, 0.29) is 18.6 Å². The zero-order valence-corrected chi connectivity index (χ0v) is 15.0. The van der Waals surface area contributed by atoms with Crippen molar-refractivity contribution in [2.24, 2.45) is 0 Å². The molecule has 0 saturated carbocycles. The molecule has 2 N–H and O–H groups in total. The predicted molar refractivity (Wildman–Crippen MR) is 97.7 cm³/mol. The van der Waals surface area contributed by atoms with E-state index < -0.39 is 6.10 Å². The van der Waals surface area contributed by atoms with E-state index in [0.29, 0.717) is 5.56 Å². The maximum absolute atomic E-state index is 12.1. The van der Waals surface area contributed by atoms with Gasteiger partial charge >= 0.3 is 0 Å². The van der Waals surface area contributed by atoms with Crippen molar-refractivity contribution in [2.45, 2.75) is 31.0 Å². The van der Waals surface area contributed by atoms with Gasteiger partial charge in [0.05, 0.1) is 12.2 Å². The number of aliphatic hydroxyl groups is 1. The summed E-state index contributed by atoms with van der Waals surface area (Å²) in [6.45, 7) is 4.07. The molecule has 2 rings (SSSR count). The van der Waals surface area contributed by atoms with Crippen LogP contribution in [0.25, 0.3) is 0 Å². The molecule has 0 fully saturated rings. The molecule has 5 heteroatoms. The van der Waals surface area contributed by atoms with Crippen molar-refractivity contribution in [1.82, 2.24) is 5.32 Å². The van der Waals surface area contributed by atoms with Gasteiger partial charge in [-0.3, -0.25) is 4.79 Å². The summed E-state index contributed by atoms with van der Waals surface area (Å²) in [7, 11) is 0. The predicted octanol–water partition coefficient (Wildman–Crippen LogP) is 3.66. The summed E-state index contributed by atoms with van der Waals surface area (Å²) in [6, 6.07) is 14.6. The minimum atomic E-state index is -0.728. The summed E-state index contributed by atoms with van der Waals surface area (Å²) in [5.41, 5.74) is 1.32. The van der Waals surface area contributed by atoms with Crippen LogP contribution in [0.3, 0.4) is 0 Å². The summed E-state index contributed by atoms with van der Waals surface area (Å²) < 4.78 is 5.55. The van der Waals surface area contributed by atoms with Gasteiger partial charge < -0.3 is 15.2 Å². The van der Waals surface area contributed by atoms with Gasteiger partial charge in [0.1, 0.15) is 5.75 Å². The topological polar surface area (TPSA) is 58.6 Å². The van der Waals surface area contributed by atoms with Crippen molar-refractivity contribution in [1.29, 1.82) is 0 Å². The van der Waals surface area contributed by atoms with Crippen molar-refractivity contribution < 1.29 is 14.6 Å². The van der Waals surface area contributed by atoms with Gasteiger partial charge in [0.2, 0.25) is 0 Å². The first-order valence-corrected chi connectivity index (χ1v) is 9.09. The molecule has 0 aliphatic carbocycles. The lowest BCUT2D eigenvalue weighted by atomic mass is 10.1. The van der Waals surface area contributed by atoms with Gasteiger partial charge in [-0.1, -0.05) is 12.1 Å². The van der Waals surface area contributed by atoms with Crippen molar-refractivity contribution in [3.63, 3.8) is 0 Å². The van der Waals surface area contributed by atoms with Crippen LogP contribution in [-0.4, -0.2) is 29.9 Å². The van der Waals surface area contributed by atoms with E-state index in [2.05, 4.69) is 5.32 Å². The summed E-state index contributed by atoms with van der Waals surface area (Å²) in [5, 5.41) is 12.9. The fourth-order valence-corrected chi connectivity index (χ4v) is 2.60. The van der Waals surface area contributed by atoms with E-state index in [0.717, 1.165) is 16.2 Å². The van der Waals surface area contributed by atoms with E-state index in [4.69, 9.17) is 4.74 Å². The first-order valence-electron chi connectivity index (χ1n) is 7.86. The van der Waals surface area contributed by atoms with Crippen LogP contribution in [0.15, 0.2) is 53.4 Å². The van der Waals surface area contributed by atoms with Crippen LogP contribution in [0.2, 0.25) is 0 Å². The number of hydrogen-bond acceptors (Lipinski definition) is 4. The molecule has 1 unspecified atom stereocenters. The van der Waals surface area contributed by atoms with Gasteiger partial charge in [0.25, 0.3) is 5.91 Å². The molecule has 0 saturated heterocycles. The van der Waals surface area contributed by atoms with E-state index in [1.54, 1.807) is 36.0 Å². The van der Waals surface area contributed by atoms with Crippen molar-refractivity contribution >= 4 is 17.7 Å². The molecule has 24 heavy (non-hydrogen) atoms. The van der Waals surface area contributed by atoms with Crippen LogP contribution in [0.4, 0.5) is 0 Å². The van der Waals surface area contributed by atoms with Gasteiger partial charge in [-0.2, -0.15) is 0 Å². The second-order valence-corrected chi connectivity index (χ2v) is 6.57. The number of carbonyl (C=O) groups excluding carboxylic acids is 1. The Hall–Kier alpha value is -1.98. The number of amides is 1.